The monoisotopic (exact) mass is 359 g/mol. The molecule has 3 rings (SSSR count). The third-order valence-corrected chi connectivity index (χ3v) is 5.39. The maximum absolute atomic E-state index is 12.3. The molecule has 0 radical (unpaired) electrons. The standard InChI is InChI=1S/C17H17N3O2S2/c1-10-4-6-12(7-5-10)15-19-13(9-23-15)8-22-17(21)14-11(2)20-24-16(14)18-3/h4-7,9,18H,8H2,1-3H3. The Labute approximate surface area is 148 Å². The van der Waals surface area contributed by atoms with E-state index in [-0.39, 0.29) is 12.6 Å². The zero-order valence-corrected chi connectivity index (χ0v) is 15.3. The molecule has 0 saturated carbocycles. The van der Waals surface area contributed by atoms with Crippen molar-refractivity contribution in [3.8, 4) is 10.6 Å². The average molecular weight is 359 g/mol. The van der Waals surface area contributed by atoms with Crippen molar-refractivity contribution < 1.29 is 9.53 Å². The first-order valence-electron chi connectivity index (χ1n) is 7.41. The zero-order chi connectivity index (χ0) is 17.1. The van der Waals surface area contributed by atoms with Crippen LogP contribution in [0.2, 0.25) is 0 Å². The first kappa shape index (κ1) is 16.6. The Hall–Kier alpha value is -2.25. The fourth-order valence-corrected chi connectivity index (χ4v) is 3.74. The summed E-state index contributed by atoms with van der Waals surface area (Å²) in [5.41, 5.74) is 4.20. The second-order valence-electron chi connectivity index (χ2n) is 5.31. The van der Waals surface area contributed by atoms with Gasteiger partial charge in [-0.05, 0) is 25.4 Å². The predicted molar refractivity (Wildman–Crippen MR) is 97.8 cm³/mol. The summed E-state index contributed by atoms with van der Waals surface area (Å²) in [4.78, 5) is 16.8. The van der Waals surface area contributed by atoms with Crippen LogP contribution in [0, 0.1) is 13.8 Å². The van der Waals surface area contributed by atoms with Crippen molar-refractivity contribution in [1.82, 2.24) is 9.36 Å². The lowest BCUT2D eigenvalue weighted by atomic mass is 10.2. The van der Waals surface area contributed by atoms with Crippen molar-refractivity contribution in [1.29, 1.82) is 0 Å². The first-order valence-corrected chi connectivity index (χ1v) is 9.06. The quantitative estimate of drug-likeness (QED) is 0.689. The fourth-order valence-electron chi connectivity index (χ4n) is 2.19. The van der Waals surface area contributed by atoms with Crippen LogP contribution < -0.4 is 5.32 Å². The van der Waals surface area contributed by atoms with Crippen molar-refractivity contribution in [2.75, 3.05) is 12.4 Å². The third kappa shape index (κ3) is 3.47. The predicted octanol–water partition coefficient (Wildman–Crippen LogP) is 4.28. The van der Waals surface area contributed by atoms with Crippen LogP contribution in [-0.2, 0) is 11.3 Å². The number of anilines is 1. The molecule has 0 aliphatic rings. The molecule has 0 amide bonds. The molecule has 3 aromatic rings. The minimum Gasteiger partial charge on any atom is -0.455 e. The lowest BCUT2D eigenvalue weighted by Crippen LogP contribution is -2.08. The highest BCUT2D eigenvalue weighted by Crippen LogP contribution is 2.26. The highest BCUT2D eigenvalue weighted by Gasteiger charge is 2.19. The molecular formula is C17H17N3O2S2. The van der Waals surface area contributed by atoms with Crippen molar-refractivity contribution in [3.63, 3.8) is 0 Å². The van der Waals surface area contributed by atoms with Gasteiger partial charge >= 0.3 is 5.97 Å². The second-order valence-corrected chi connectivity index (χ2v) is 6.94. The Balaban J connectivity index is 1.68. The normalized spacial score (nSPS) is 10.6. The lowest BCUT2D eigenvalue weighted by molar-refractivity contribution is 0.0469. The molecule has 1 N–H and O–H groups in total. The maximum atomic E-state index is 12.3. The van der Waals surface area contributed by atoms with E-state index < -0.39 is 0 Å². The molecule has 0 aliphatic heterocycles. The number of benzene rings is 1. The van der Waals surface area contributed by atoms with Gasteiger partial charge in [-0.3, -0.25) is 0 Å². The Morgan fingerprint density at radius 1 is 1.25 bits per heavy atom. The molecule has 124 valence electrons. The number of rotatable bonds is 5. The van der Waals surface area contributed by atoms with Crippen LogP contribution in [0.25, 0.3) is 10.6 Å². The number of carbonyl (C=O) groups is 1. The summed E-state index contributed by atoms with van der Waals surface area (Å²) in [6.07, 6.45) is 0. The van der Waals surface area contributed by atoms with E-state index in [0.717, 1.165) is 21.3 Å². The highest BCUT2D eigenvalue weighted by molar-refractivity contribution is 7.13. The number of aromatic nitrogens is 2. The number of carbonyl (C=O) groups excluding carboxylic acids is 1. The van der Waals surface area contributed by atoms with Crippen LogP contribution in [0.5, 0.6) is 0 Å². The van der Waals surface area contributed by atoms with Crippen molar-refractivity contribution in [2.45, 2.75) is 20.5 Å². The van der Waals surface area contributed by atoms with E-state index in [1.807, 2.05) is 17.5 Å². The third-order valence-electron chi connectivity index (χ3n) is 3.50. The molecule has 0 atom stereocenters. The molecule has 24 heavy (non-hydrogen) atoms. The molecule has 2 aromatic heterocycles. The lowest BCUT2D eigenvalue weighted by Gasteiger charge is -2.04. The molecule has 0 unspecified atom stereocenters. The molecule has 0 aliphatic carbocycles. The van der Waals surface area contributed by atoms with E-state index in [9.17, 15) is 4.79 Å². The van der Waals surface area contributed by atoms with Crippen LogP contribution in [0.3, 0.4) is 0 Å². The minimum atomic E-state index is -0.379. The molecule has 0 fully saturated rings. The summed E-state index contributed by atoms with van der Waals surface area (Å²) in [6, 6.07) is 8.21. The van der Waals surface area contributed by atoms with Crippen molar-refractivity contribution in [2.24, 2.45) is 0 Å². The SMILES string of the molecule is CNc1snc(C)c1C(=O)OCc1csc(-c2ccc(C)cc2)n1. The number of ether oxygens (including phenoxy) is 1. The smallest absolute Gasteiger partial charge is 0.343 e. The van der Waals surface area contributed by atoms with Gasteiger partial charge in [-0.25, -0.2) is 9.78 Å². The molecule has 7 heteroatoms. The molecule has 2 heterocycles. The van der Waals surface area contributed by atoms with Crippen LogP contribution in [0.1, 0.15) is 27.3 Å². The second kappa shape index (κ2) is 7.11. The summed E-state index contributed by atoms with van der Waals surface area (Å²) >= 11 is 2.80. The summed E-state index contributed by atoms with van der Waals surface area (Å²) < 4.78 is 9.58. The van der Waals surface area contributed by atoms with E-state index in [4.69, 9.17) is 4.74 Å². The van der Waals surface area contributed by atoms with Gasteiger partial charge in [0.15, 0.2) is 0 Å². The number of esters is 1. The van der Waals surface area contributed by atoms with Gasteiger partial charge in [0, 0.05) is 18.0 Å². The summed E-state index contributed by atoms with van der Waals surface area (Å²) in [5, 5.41) is 6.52. The van der Waals surface area contributed by atoms with Gasteiger partial charge in [0.2, 0.25) is 0 Å². The topological polar surface area (TPSA) is 64.1 Å². The number of hydrogen-bond donors (Lipinski definition) is 1. The minimum absolute atomic E-state index is 0.152. The largest absolute Gasteiger partial charge is 0.455 e. The maximum Gasteiger partial charge on any atom is 0.343 e. The van der Waals surface area contributed by atoms with E-state index >= 15 is 0 Å². The first-order chi connectivity index (χ1) is 11.6. The zero-order valence-electron chi connectivity index (χ0n) is 13.6. The van der Waals surface area contributed by atoms with E-state index in [0.29, 0.717) is 11.3 Å². The molecule has 1 aromatic carbocycles. The Morgan fingerprint density at radius 2 is 2.00 bits per heavy atom. The number of hydrogen-bond acceptors (Lipinski definition) is 7. The number of thiazole rings is 1. The van der Waals surface area contributed by atoms with Crippen LogP contribution in [-0.4, -0.2) is 22.4 Å². The van der Waals surface area contributed by atoms with Crippen LogP contribution >= 0.6 is 22.9 Å². The van der Waals surface area contributed by atoms with Crippen LogP contribution in [0.15, 0.2) is 29.6 Å². The van der Waals surface area contributed by atoms with Gasteiger partial charge in [-0.15, -0.1) is 11.3 Å². The Bertz CT molecular complexity index is 853. The number of nitrogens with one attached hydrogen (secondary N) is 1. The van der Waals surface area contributed by atoms with Crippen molar-refractivity contribution >= 4 is 33.8 Å². The van der Waals surface area contributed by atoms with Gasteiger partial charge in [0.25, 0.3) is 0 Å². The highest BCUT2D eigenvalue weighted by atomic mass is 32.1. The van der Waals surface area contributed by atoms with Gasteiger partial charge in [0.05, 0.1) is 11.4 Å². The van der Waals surface area contributed by atoms with E-state index in [1.165, 1.54) is 17.1 Å². The molecule has 5 nitrogen and oxygen atoms in total. The molecule has 0 saturated heterocycles. The summed E-state index contributed by atoms with van der Waals surface area (Å²) in [5.74, 6) is -0.379. The number of aryl methyl sites for hydroxylation is 2. The summed E-state index contributed by atoms with van der Waals surface area (Å²) in [7, 11) is 1.76. The summed E-state index contributed by atoms with van der Waals surface area (Å²) in [6.45, 7) is 4.00. The number of nitrogens with zero attached hydrogens (tertiary/aromatic N) is 2. The van der Waals surface area contributed by atoms with Gasteiger partial charge in [-0.2, -0.15) is 4.37 Å². The van der Waals surface area contributed by atoms with Gasteiger partial charge in [-0.1, -0.05) is 29.8 Å². The van der Waals surface area contributed by atoms with E-state index in [2.05, 4.69) is 33.7 Å². The molecule has 0 spiro atoms. The Kier molecular flexibility index (Phi) is 4.92. The Morgan fingerprint density at radius 3 is 2.71 bits per heavy atom. The van der Waals surface area contributed by atoms with Gasteiger partial charge in [0.1, 0.15) is 22.2 Å². The molecule has 0 bridgehead atoms. The van der Waals surface area contributed by atoms with E-state index in [1.54, 1.807) is 25.3 Å². The fraction of sp³-hybridized carbons (Fsp3) is 0.235. The average Bonchev–Trinajstić information content (AvgIpc) is 3.20. The van der Waals surface area contributed by atoms with Crippen LogP contribution in [0.4, 0.5) is 5.00 Å². The molecular weight excluding hydrogens is 342 g/mol. The van der Waals surface area contributed by atoms with Crippen molar-refractivity contribution in [3.05, 3.63) is 52.2 Å². The van der Waals surface area contributed by atoms with Gasteiger partial charge < -0.3 is 10.1 Å².